The normalized spacial score (nSPS) is 11.6. The first-order valence-electron chi connectivity index (χ1n) is 6.34. The molecule has 7 heteroatoms. The number of hydrogen-bond donors (Lipinski definition) is 1. The molecule has 2 rings (SSSR count). The molecule has 0 fully saturated rings. The lowest BCUT2D eigenvalue weighted by molar-refractivity contribution is -0.123. The first-order valence-corrected chi connectivity index (χ1v) is 7.13. The number of nitrogens with zero attached hydrogens (tertiary/aromatic N) is 1. The minimum absolute atomic E-state index is 0.0273. The van der Waals surface area contributed by atoms with Gasteiger partial charge in [-0.15, -0.1) is 0 Å². The largest absolute Gasteiger partial charge is 0.449 e. The Morgan fingerprint density at radius 3 is 2.73 bits per heavy atom. The average Bonchev–Trinajstić information content (AvgIpc) is 2.49. The number of aromatic nitrogens is 1. The van der Waals surface area contributed by atoms with E-state index < -0.39 is 23.8 Å². The number of anilines is 1. The van der Waals surface area contributed by atoms with Gasteiger partial charge in [0.1, 0.15) is 5.82 Å². The molecule has 0 aliphatic heterocycles. The van der Waals surface area contributed by atoms with Crippen LogP contribution in [0, 0.1) is 5.82 Å². The second-order valence-corrected chi connectivity index (χ2v) is 5.32. The Labute approximate surface area is 134 Å². The van der Waals surface area contributed by atoms with E-state index in [9.17, 15) is 14.0 Å². The third kappa shape index (κ3) is 4.11. The zero-order valence-corrected chi connectivity index (χ0v) is 13.1. The van der Waals surface area contributed by atoms with E-state index in [1.54, 1.807) is 6.07 Å². The molecule has 22 heavy (non-hydrogen) atoms. The Morgan fingerprint density at radius 2 is 2.05 bits per heavy atom. The molecule has 0 aliphatic rings. The second kappa shape index (κ2) is 7.13. The molecule has 0 unspecified atom stereocenters. The van der Waals surface area contributed by atoms with Gasteiger partial charge in [-0.25, -0.2) is 9.18 Å². The number of nitrogens with one attached hydrogen (secondary N) is 1. The maximum absolute atomic E-state index is 13.4. The van der Waals surface area contributed by atoms with Crippen LogP contribution in [-0.2, 0) is 9.53 Å². The zero-order valence-electron chi connectivity index (χ0n) is 11.5. The van der Waals surface area contributed by atoms with Crippen LogP contribution in [0.3, 0.4) is 0 Å². The number of halogens is 2. The summed E-state index contributed by atoms with van der Waals surface area (Å²) in [6.45, 7) is 1.40. The van der Waals surface area contributed by atoms with E-state index in [4.69, 9.17) is 4.74 Å². The molecule has 1 aromatic carbocycles. The topological polar surface area (TPSA) is 68.3 Å². The highest BCUT2D eigenvalue weighted by atomic mass is 79.9. The lowest BCUT2D eigenvalue weighted by Gasteiger charge is -2.13. The highest BCUT2D eigenvalue weighted by Gasteiger charge is 2.20. The van der Waals surface area contributed by atoms with Crippen LogP contribution in [0.25, 0.3) is 0 Å². The Morgan fingerprint density at radius 1 is 1.32 bits per heavy atom. The Hall–Kier alpha value is -2.28. The number of pyridine rings is 1. The number of rotatable bonds is 4. The van der Waals surface area contributed by atoms with Crippen LogP contribution in [-0.4, -0.2) is 23.0 Å². The van der Waals surface area contributed by atoms with Gasteiger partial charge in [0.15, 0.2) is 6.10 Å². The quantitative estimate of drug-likeness (QED) is 0.843. The molecule has 0 bridgehead atoms. The van der Waals surface area contributed by atoms with Crippen molar-refractivity contribution in [2.24, 2.45) is 0 Å². The molecule has 0 saturated carbocycles. The molecule has 114 valence electrons. The van der Waals surface area contributed by atoms with Gasteiger partial charge in [-0.1, -0.05) is 12.1 Å². The molecular formula is C15H12BrFN2O3. The summed E-state index contributed by atoms with van der Waals surface area (Å²) in [5.41, 5.74) is 0.236. The lowest BCUT2D eigenvalue weighted by atomic mass is 10.2. The van der Waals surface area contributed by atoms with Crippen molar-refractivity contribution < 1.29 is 18.7 Å². The number of carbonyl (C=O) groups is 2. The number of para-hydroxylation sites is 1. The van der Waals surface area contributed by atoms with Crippen LogP contribution in [0.1, 0.15) is 17.3 Å². The van der Waals surface area contributed by atoms with Gasteiger partial charge in [-0.2, -0.15) is 0 Å². The van der Waals surface area contributed by atoms with Crippen molar-refractivity contribution >= 4 is 33.5 Å². The summed E-state index contributed by atoms with van der Waals surface area (Å²) in [6, 6.07) is 7.26. The number of esters is 1. The van der Waals surface area contributed by atoms with Crippen molar-refractivity contribution in [1.29, 1.82) is 0 Å². The zero-order chi connectivity index (χ0) is 16.1. The molecule has 1 aromatic heterocycles. The van der Waals surface area contributed by atoms with Gasteiger partial charge in [-0.3, -0.25) is 9.78 Å². The van der Waals surface area contributed by atoms with Crippen molar-refractivity contribution in [3.05, 3.63) is 58.6 Å². The third-order valence-electron chi connectivity index (χ3n) is 2.73. The molecule has 1 atom stereocenters. The van der Waals surface area contributed by atoms with Gasteiger partial charge in [-0.05, 0) is 41.1 Å². The second-order valence-electron chi connectivity index (χ2n) is 4.41. The van der Waals surface area contributed by atoms with E-state index in [1.807, 2.05) is 0 Å². The Kier molecular flexibility index (Phi) is 5.21. The average molecular weight is 367 g/mol. The van der Waals surface area contributed by atoms with Crippen molar-refractivity contribution in [2.75, 3.05) is 5.32 Å². The molecule has 2 aromatic rings. The molecule has 0 radical (unpaired) electrons. The first-order chi connectivity index (χ1) is 10.5. The minimum Gasteiger partial charge on any atom is -0.449 e. The maximum Gasteiger partial charge on any atom is 0.340 e. The fraction of sp³-hybridized carbons (Fsp3) is 0.133. The van der Waals surface area contributed by atoms with Gasteiger partial charge >= 0.3 is 5.97 Å². The standard InChI is InChI=1S/C15H12BrFN2O3/c1-9(14(20)19-13-5-3-2-4-12(13)17)22-15(21)10-6-11(16)8-18-7-10/h2-9H,1H3,(H,19,20)/t9-/m1/s1. The van der Waals surface area contributed by atoms with E-state index in [2.05, 4.69) is 26.2 Å². The molecule has 1 amide bonds. The van der Waals surface area contributed by atoms with E-state index >= 15 is 0 Å². The molecule has 1 N–H and O–H groups in total. The molecule has 0 saturated heterocycles. The van der Waals surface area contributed by atoms with E-state index in [0.29, 0.717) is 4.47 Å². The maximum atomic E-state index is 13.4. The van der Waals surface area contributed by atoms with Gasteiger partial charge in [0.25, 0.3) is 5.91 Å². The number of amides is 1. The van der Waals surface area contributed by atoms with Crippen LogP contribution >= 0.6 is 15.9 Å². The fourth-order valence-corrected chi connectivity index (χ4v) is 1.97. The van der Waals surface area contributed by atoms with Crippen molar-refractivity contribution in [2.45, 2.75) is 13.0 Å². The highest BCUT2D eigenvalue weighted by molar-refractivity contribution is 9.10. The minimum atomic E-state index is -1.08. The Balaban J connectivity index is 1.99. The van der Waals surface area contributed by atoms with E-state index in [1.165, 1.54) is 43.6 Å². The van der Waals surface area contributed by atoms with Crippen LogP contribution < -0.4 is 5.32 Å². The number of hydrogen-bond acceptors (Lipinski definition) is 4. The van der Waals surface area contributed by atoms with Crippen LogP contribution in [0.15, 0.2) is 47.2 Å². The first kappa shape index (κ1) is 16.1. The number of benzene rings is 1. The summed E-state index contributed by atoms with van der Waals surface area (Å²) in [4.78, 5) is 27.7. The van der Waals surface area contributed by atoms with Crippen LogP contribution in [0.4, 0.5) is 10.1 Å². The number of ether oxygens (including phenoxy) is 1. The summed E-state index contributed by atoms with van der Waals surface area (Å²) in [5, 5.41) is 2.36. The fourth-order valence-electron chi connectivity index (χ4n) is 1.60. The third-order valence-corrected chi connectivity index (χ3v) is 3.16. The monoisotopic (exact) mass is 366 g/mol. The summed E-state index contributed by atoms with van der Waals surface area (Å²) < 4.78 is 19.1. The van der Waals surface area contributed by atoms with Gasteiger partial charge in [0, 0.05) is 16.9 Å². The van der Waals surface area contributed by atoms with Gasteiger partial charge < -0.3 is 10.1 Å². The predicted octanol–water partition coefficient (Wildman–Crippen LogP) is 3.17. The van der Waals surface area contributed by atoms with E-state index in [-0.39, 0.29) is 11.3 Å². The molecular weight excluding hydrogens is 355 g/mol. The van der Waals surface area contributed by atoms with Gasteiger partial charge in [0.05, 0.1) is 11.3 Å². The SMILES string of the molecule is C[C@@H](OC(=O)c1cncc(Br)c1)C(=O)Nc1ccccc1F. The van der Waals surface area contributed by atoms with Crippen molar-refractivity contribution in [1.82, 2.24) is 4.98 Å². The van der Waals surface area contributed by atoms with Crippen molar-refractivity contribution in [3.8, 4) is 0 Å². The Bertz CT molecular complexity index is 709. The lowest BCUT2D eigenvalue weighted by Crippen LogP contribution is -2.30. The molecule has 1 heterocycles. The summed E-state index contributed by atoms with van der Waals surface area (Å²) in [5.74, 6) is -1.88. The van der Waals surface area contributed by atoms with Crippen molar-refractivity contribution in [3.63, 3.8) is 0 Å². The molecule has 5 nitrogen and oxygen atoms in total. The highest BCUT2D eigenvalue weighted by Crippen LogP contribution is 2.14. The molecule has 0 spiro atoms. The summed E-state index contributed by atoms with van der Waals surface area (Å²) >= 11 is 3.19. The smallest absolute Gasteiger partial charge is 0.340 e. The summed E-state index contributed by atoms with van der Waals surface area (Å²) in [7, 11) is 0. The number of carbonyl (C=O) groups excluding carboxylic acids is 2. The molecule has 0 aliphatic carbocycles. The predicted molar refractivity (Wildman–Crippen MR) is 81.8 cm³/mol. The van der Waals surface area contributed by atoms with Gasteiger partial charge in [0.2, 0.25) is 0 Å². The van der Waals surface area contributed by atoms with Crippen LogP contribution in [0.2, 0.25) is 0 Å². The van der Waals surface area contributed by atoms with Crippen LogP contribution in [0.5, 0.6) is 0 Å². The van der Waals surface area contributed by atoms with E-state index in [0.717, 1.165) is 0 Å². The summed E-state index contributed by atoms with van der Waals surface area (Å²) in [6.07, 6.45) is 1.77.